The Morgan fingerprint density at radius 2 is 1.45 bits per heavy atom. The Balaban J connectivity index is 1.73. The molecule has 3 saturated heterocycles. The Morgan fingerprint density at radius 3 is 1.95 bits per heavy atom. The number of rotatable bonds is 13. The van der Waals surface area contributed by atoms with Gasteiger partial charge in [-0.3, -0.25) is 9.11 Å². The van der Waals surface area contributed by atoms with E-state index in [9.17, 15) is 46.9 Å². The maximum absolute atomic E-state index is 12.1. The number of methoxy groups -OCH3 is 1. The maximum atomic E-state index is 12.1. The van der Waals surface area contributed by atoms with Crippen LogP contribution in [0.5, 0.6) is 0 Å². The van der Waals surface area contributed by atoms with E-state index in [4.69, 9.17) is 37.5 Å². The molecule has 0 aromatic rings. The molecule has 5 unspecified atom stereocenters. The summed E-state index contributed by atoms with van der Waals surface area (Å²) < 4.78 is 103. The van der Waals surface area contributed by atoms with Crippen LogP contribution in [0, 0.1) is 5.92 Å². The molecule has 0 radical (unpaired) electrons. The van der Waals surface area contributed by atoms with E-state index in [-0.39, 0.29) is 6.29 Å². The summed E-state index contributed by atoms with van der Waals surface area (Å²) in [4.78, 5) is 23.3. The van der Waals surface area contributed by atoms with Crippen molar-refractivity contribution in [3.05, 3.63) is 0 Å². The monoisotopic (exact) mass is 656 g/mol. The summed E-state index contributed by atoms with van der Waals surface area (Å²) in [6, 6.07) is 0. The largest absolute Gasteiger partial charge is 0.479 e. The fraction of sp³-hybridized carbons (Fsp3) is 0.900. The first-order valence-electron chi connectivity index (χ1n) is 12.2. The Bertz CT molecular complexity index is 1150. The van der Waals surface area contributed by atoms with Gasteiger partial charge >= 0.3 is 26.8 Å². The van der Waals surface area contributed by atoms with E-state index in [0.29, 0.717) is 0 Å². The highest BCUT2D eigenvalue weighted by Crippen LogP contribution is 2.34. The van der Waals surface area contributed by atoms with Gasteiger partial charge in [0.1, 0.15) is 48.8 Å². The summed E-state index contributed by atoms with van der Waals surface area (Å²) in [6.07, 6.45) is -18.7. The molecule has 244 valence electrons. The van der Waals surface area contributed by atoms with Crippen molar-refractivity contribution in [3.63, 3.8) is 0 Å². The second-order valence-corrected chi connectivity index (χ2v) is 11.8. The minimum absolute atomic E-state index is 0.179. The lowest BCUT2D eigenvalue weighted by Gasteiger charge is -2.45. The lowest BCUT2D eigenvalue weighted by molar-refractivity contribution is -0.334. The highest BCUT2D eigenvalue weighted by Gasteiger charge is 2.52. The predicted octanol–water partition coefficient (Wildman–Crippen LogP) is -3.98. The minimum atomic E-state index is -4.96. The Labute approximate surface area is 239 Å². The van der Waals surface area contributed by atoms with Gasteiger partial charge < -0.3 is 53.6 Å². The van der Waals surface area contributed by atoms with E-state index < -0.39 is 126 Å². The van der Waals surface area contributed by atoms with Crippen LogP contribution < -0.4 is 0 Å². The number of hydrogen-bond donors (Lipinski definition) is 6. The van der Waals surface area contributed by atoms with Crippen molar-refractivity contribution in [1.29, 1.82) is 0 Å². The van der Waals surface area contributed by atoms with E-state index in [1.165, 1.54) is 14.0 Å². The summed E-state index contributed by atoms with van der Waals surface area (Å²) in [5, 5.41) is 41.5. The SMILES string of the molecule is CO[C@@H]1C(COS(=O)(=O)O)O[C@@H](O[C@H]2CC(O)[C@H](OC3[C@@H](COS(=O)(=O)O)O[C@@H](C=O)[C@H]3O)OC2C(=O)O)C(C)[C@H]1O. The van der Waals surface area contributed by atoms with Crippen molar-refractivity contribution >= 4 is 33.1 Å². The molecule has 0 bridgehead atoms. The van der Waals surface area contributed by atoms with Crippen molar-refractivity contribution in [3.8, 4) is 0 Å². The third kappa shape index (κ3) is 8.80. The molecule has 0 saturated carbocycles. The van der Waals surface area contributed by atoms with Gasteiger partial charge in [-0.15, -0.1) is 0 Å². The highest BCUT2D eigenvalue weighted by atomic mass is 32.3. The molecule has 3 rings (SSSR count). The fourth-order valence-corrected chi connectivity index (χ4v) is 5.32. The van der Waals surface area contributed by atoms with Gasteiger partial charge in [0.2, 0.25) is 0 Å². The topological polar surface area (TPSA) is 298 Å². The standard InChI is InChI=1S/C20H32O20S2/c1-7-13(23)15(33-2)11(5-34-41(27,28)29)38-19(7)37-9-3-8(22)20(40-17(9)18(25)26)39-16-12(6-35-42(30,31)32)36-10(4-21)14(16)24/h4,7-17,19-20,22-24H,3,5-6H2,1-2H3,(H,25,26)(H,27,28,29)(H,30,31,32)/t7?,8?,9-,10-,11?,12+,13+,14+,15+,16?,17?,19+,20+/m0/s1. The van der Waals surface area contributed by atoms with Gasteiger partial charge in [-0.1, -0.05) is 6.92 Å². The Kier molecular flexibility index (Phi) is 11.7. The van der Waals surface area contributed by atoms with Crippen molar-refractivity contribution < 1.29 is 92.7 Å². The minimum Gasteiger partial charge on any atom is -0.479 e. The average molecular weight is 657 g/mol. The van der Waals surface area contributed by atoms with Crippen molar-refractivity contribution in [2.75, 3.05) is 20.3 Å². The number of carboxylic acid groups (broad SMARTS) is 1. The molecular formula is C20H32O20S2. The van der Waals surface area contributed by atoms with Crippen molar-refractivity contribution in [1.82, 2.24) is 0 Å². The van der Waals surface area contributed by atoms with Crippen LogP contribution in [0.15, 0.2) is 0 Å². The number of aliphatic hydroxyl groups is 3. The molecule has 13 atom stereocenters. The molecule has 3 heterocycles. The smallest absolute Gasteiger partial charge is 0.397 e. The predicted molar refractivity (Wildman–Crippen MR) is 127 cm³/mol. The number of carboxylic acids is 1. The number of ether oxygens (including phenoxy) is 6. The quantitative estimate of drug-likeness (QED) is 0.0813. The van der Waals surface area contributed by atoms with Crippen LogP contribution in [0.3, 0.4) is 0 Å². The molecule has 6 N–H and O–H groups in total. The number of aldehydes is 1. The lowest BCUT2D eigenvalue weighted by atomic mass is 9.92. The number of carbonyl (C=O) groups is 2. The van der Waals surface area contributed by atoms with Crippen LogP contribution in [-0.4, -0.2) is 153 Å². The second kappa shape index (κ2) is 14.1. The first-order valence-corrected chi connectivity index (χ1v) is 14.9. The van der Waals surface area contributed by atoms with Crippen LogP contribution >= 0.6 is 0 Å². The molecule has 0 aromatic heterocycles. The summed E-state index contributed by atoms with van der Waals surface area (Å²) in [6.45, 7) is -0.284. The Morgan fingerprint density at radius 1 is 0.881 bits per heavy atom. The molecule has 0 spiro atoms. The zero-order chi connectivity index (χ0) is 31.6. The maximum Gasteiger partial charge on any atom is 0.397 e. The van der Waals surface area contributed by atoms with Gasteiger partial charge in [-0.05, 0) is 0 Å². The lowest BCUT2D eigenvalue weighted by Crippen LogP contribution is -2.60. The number of aliphatic carboxylic acids is 1. The molecule has 22 heteroatoms. The number of hydrogen-bond acceptors (Lipinski definition) is 17. The van der Waals surface area contributed by atoms with Crippen molar-refractivity contribution in [2.45, 2.75) is 87.0 Å². The van der Waals surface area contributed by atoms with Crippen LogP contribution in [0.2, 0.25) is 0 Å². The van der Waals surface area contributed by atoms with Gasteiger partial charge in [0.15, 0.2) is 25.0 Å². The highest BCUT2D eigenvalue weighted by molar-refractivity contribution is 7.81. The average Bonchev–Trinajstić information content (AvgIpc) is 3.19. The van der Waals surface area contributed by atoms with Crippen LogP contribution in [0.25, 0.3) is 0 Å². The molecule has 0 aliphatic carbocycles. The third-order valence-corrected chi connectivity index (χ3v) is 7.64. The molecule has 0 aromatic carbocycles. The summed E-state index contributed by atoms with van der Waals surface area (Å²) >= 11 is 0. The first-order chi connectivity index (χ1) is 19.5. The summed E-state index contributed by atoms with van der Waals surface area (Å²) in [5.74, 6) is -2.52. The second-order valence-electron chi connectivity index (χ2n) is 9.62. The Hall–Kier alpha value is -1.48. The first kappa shape index (κ1) is 35.0. The van der Waals surface area contributed by atoms with Gasteiger partial charge in [-0.25, -0.2) is 13.2 Å². The molecule has 3 fully saturated rings. The zero-order valence-corrected chi connectivity index (χ0v) is 23.6. The van der Waals surface area contributed by atoms with Gasteiger partial charge in [0.05, 0.1) is 19.3 Å². The van der Waals surface area contributed by atoms with E-state index in [1.54, 1.807) is 0 Å². The van der Waals surface area contributed by atoms with E-state index in [1.807, 2.05) is 0 Å². The van der Waals surface area contributed by atoms with Gasteiger partial charge in [0.25, 0.3) is 0 Å². The van der Waals surface area contributed by atoms with E-state index in [0.717, 1.165) is 0 Å². The molecule has 3 aliphatic rings. The van der Waals surface area contributed by atoms with Gasteiger partial charge in [0, 0.05) is 19.4 Å². The molecule has 3 aliphatic heterocycles. The molecule has 20 nitrogen and oxygen atoms in total. The molecule has 42 heavy (non-hydrogen) atoms. The fourth-order valence-electron chi connectivity index (χ4n) is 4.71. The van der Waals surface area contributed by atoms with Crippen LogP contribution in [0.4, 0.5) is 0 Å². The normalized spacial score (nSPS) is 41.5. The zero-order valence-electron chi connectivity index (χ0n) is 21.9. The molecule has 0 amide bonds. The summed E-state index contributed by atoms with van der Waals surface area (Å²) in [7, 11) is -8.66. The van der Waals surface area contributed by atoms with E-state index >= 15 is 0 Å². The summed E-state index contributed by atoms with van der Waals surface area (Å²) in [5.41, 5.74) is 0. The number of carbonyl (C=O) groups excluding carboxylic acids is 1. The van der Waals surface area contributed by atoms with Gasteiger partial charge in [-0.2, -0.15) is 16.8 Å². The van der Waals surface area contributed by atoms with Crippen LogP contribution in [0.1, 0.15) is 13.3 Å². The van der Waals surface area contributed by atoms with Crippen LogP contribution in [-0.2, 0) is 67.2 Å². The molecular weight excluding hydrogens is 624 g/mol. The number of aliphatic hydroxyl groups excluding tert-OH is 3. The van der Waals surface area contributed by atoms with Crippen molar-refractivity contribution in [2.24, 2.45) is 5.92 Å². The van der Waals surface area contributed by atoms with E-state index in [2.05, 4.69) is 8.37 Å². The third-order valence-electron chi connectivity index (χ3n) is 6.77.